The van der Waals surface area contributed by atoms with Gasteiger partial charge in [-0.05, 0) is 81.5 Å². The Morgan fingerprint density at radius 3 is 1.61 bits per heavy atom. The number of aliphatic hydroxyl groups excluding tert-OH is 1. The number of esters is 1. The predicted molar refractivity (Wildman–Crippen MR) is 131 cm³/mol. The molecular formula is C27H44AlLiO7. The number of hydrogen-bond donors (Lipinski definition) is 1. The van der Waals surface area contributed by atoms with Gasteiger partial charge in [-0.1, -0.05) is 0 Å². The fraction of sp³-hybridized carbons (Fsp3) is 0.963. The van der Waals surface area contributed by atoms with Crippen molar-refractivity contribution in [1.29, 1.82) is 0 Å². The molecule has 0 aromatic carbocycles. The number of hydrogen-bond acceptors (Lipinski definition) is 7. The van der Waals surface area contributed by atoms with Gasteiger partial charge in [0.2, 0.25) is 0 Å². The molecule has 198 valence electrons. The summed E-state index contributed by atoms with van der Waals surface area (Å²) in [4.78, 5) is 12.2. The Hall–Kier alpha value is 0.400. The van der Waals surface area contributed by atoms with E-state index in [1.54, 1.807) is 0 Å². The molecule has 2 aliphatic heterocycles. The molecule has 8 aliphatic carbocycles. The molecule has 4 atom stereocenters. The number of methoxy groups -OCH3 is 1. The van der Waals surface area contributed by atoms with Gasteiger partial charge in [0, 0.05) is 30.3 Å². The summed E-state index contributed by atoms with van der Waals surface area (Å²) < 4.78 is 29.1. The second-order valence-electron chi connectivity index (χ2n) is 13.0. The maximum atomic E-state index is 12.2. The average Bonchev–Trinajstić information content (AvgIpc) is 3.52. The van der Waals surface area contributed by atoms with Crippen molar-refractivity contribution in [3.05, 3.63) is 0 Å². The zero-order valence-corrected chi connectivity index (χ0v) is 21.5. The van der Waals surface area contributed by atoms with E-state index in [0.29, 0.717) is 49.4 Å². The average molecular weight is 515 g/mol. The maximum absolute atomic E-state index is 12.2. The zero-order valence-electron chi connectivity index (χ0n) is 22.5. The van der Waals surface area contributed by atoms with Gasteiger partial charge in [-0.3, -0.25) is 4.79 Å². The molecule has 8 bridgehead atoms. The van der Waals surface area contributed by atoms with E-state index >= 15 is 0 Å². The molecule has 0 aromatic rings. The zero-order chi connectivity index (χ0) is 23.2. The second kappa shape index (κ2) is 9.79. The molecule has 10 aliphatic rings. The summed E-state index contributed by atoms with van der Waals surface area (Å²) in [7, 11) is 1.51. The maximum Gasteiger partial charge on any atom is 1.00 e. The number of carbonyl (C=O) groups is 1. The standard InChI is InChI=1S/C14H20O4.C13H20O3.Al.Li.4H/c1-16-12(15)13-6-9-4-10(7-13)14(11(5-9)8-13)17-2-3-18-14;14-8-12-5-9-3-10(6-12)13(11(4-9)7-12)15-1-2-16-13;;;;;;/h9-11H,2-8H2,1H3;9-11,14H,1-8H2;;;;;;/q;;;+1;;;;-1. The van der Waals surface area contributed by atoms with E-state index in [0.717, 1.165) is 64.1 Å². The van der Waals surface area contributed by atoms with Crippen LogP contribution in [0.4, 0.5) is 0 Å². The molecule has 2 saturated heterocycles. The smallest absolute Gasteiger partial charge is 1.00 e. The van der Waals surface area contributed by atoms with Gasteiger partial charge in [0.25, 0.3) is 0 Å². The fourth-order valence-electron chi connectivity index (χ4n) is 10.5. The molecule has 0 radical (unpaired) electrons. The van der Waals surface area contributed by atoms with Crippen molar-refractivity contribution in [2.45, 2.75) is 75.8 Å². The van der Waals surface area contributed by atoms with E-state index in [2.05, 4.69) is 0 Å². The van der Waals surface area contributed by atoms with E-state index in [4.69, 9.17) is 23.7 Å². The number of ether oxygens (including phenoxy) is 5. The molecule has 10 rings (SSSR count). The van der Waals surface area contributed by atoms with Gasteiger partial charge in [-0.15, -0.1) is 0 Å². The normalized spacial score (nSPS) is 47.3. The Labute approximate surface area is 238 Å². The third kappa shape index (κ3) is 3.88. The number of aliphatic hydroxyl groups is 1. The molecule has 36 heavy (non-hydrogen) atoms. The molecule has 1 N–H and O–H groups in total. The van der Waals surface area contributed by atoms with E-state index in [-0.39, 0.29) is 66.0 Å². The van der Waals surface area contributed by atoms with Gasteiger partial charge in [0.05, 0.1) is 39.0 Å². The molecular weight excluding hydrogens is 470 g/mol. The van der Waals surface area contributed by atoms with Crippen LogP contribution in [0.25, 0.3) is 0 Å². The minimum absolute atomic E-state index is 0. The van der Waals surface area contributed by atoms with Crippen LogP contribution >= 0.6 is 0 Å². The van der Waals surface area contributed by atoms with Crippen LogP contribution in [0.1, 0.15) is 65.6 Å². The molecule has 10 fully saturated rings. The Morgan fingerprint density at radius 2 is 1.19 bits per heavy atom. The molecule has 2 heterocycles. The monoisotopic (exact) mass is 514 g/mol. The number of rotatable bonds is 2. The first-order valence-electron chi connectivity index (χ1n) is 13.7. The van der Waals surface area contributed by atoms with Crippen molar-refractivity contribution in [1.82, 2.24) is 0 Å². The van der Waals surface area contributed by atoms with Crippen LogP contribution in [0.3, 0.4) is 0 Å². The molecule has 9 heteroatoms. The Morgan fingerprint density at radius 1 is 0.778 bits per heavy atom. The van der Waals surface area contributed by atoms with Crippen LogP contribution < -0.4 is 18.9 Å². The quantitative estimate of drug-likeness (QED) is 0.382. The minimum Gasteiger partial charge on any atom is -1.00 e. The van der Waals surface area contributed by atoms with E-state index in [1.807, 2.05) is 0 Å². The minimum atomic E-state index is -0.353. The van der Waals surface area contributed by atoms with E-state index in [1.165, 1.54) is 26.4 Å². The van der Waals surface area contributed by atoms with Gasteiger partial charge in [0.15, 0.2) is 28.9 Å². The first-order valence-corrected chi connectivity index (χ1v) is 13.7. The Kier molecular flexibility index (Phi) is 7.60. The summed E-state index contributed by atoms with van der Waals surface area (Å²) in [5, 5.41) is 9.68. The van der Waals surface area contributed by atoms with Crippen LogP contribution in [-0.4, -0.2) is 80.2 Å². The van der Waals surface area contributed by atoms with Crippen LogP contribution in [-0.2, 0) is 28.5 Å². The first kappa shape index (κ1) is 27.9. The van der Waals surface area contributed by atoms with Gasteiger partial charge in [-0.25, -0.2) is 0 Å². The summed E-state index contributed by atoms with van der Waals surface area (Å²) in [6.45, 7) is 3.33. The predicted octanol–water partition coefficient (Wildman–Crippen LogP) is -0.790. The van der Waals surface area contributed by atoms with Crippen LogP contribution in [0.15, 0.2) is 0 Å². The van der Waals surface area contributed by atoms with Gasteiger partial charge < -0.3 is 30.2 Å². The molecule has 4 unspecified atom stereocenters. The summed E-state index contributed by atoms with van der Waals surface area (Å²) in [6, 6.07) is 0. The topological polar surface area (TPSA) is 83.5 Å². The first-order chi connectivity index (χ1) is 16.4. The molecule has 7 nitrogen and oxygen atoms in total. The Bertz CT molecular complexity index is 813. The van der Waals surface area contributed by atoms with Gasteiger partial charge >= 0.3 is 24.8 Å². The third-order valence-electron chi connectivity index (χ3n) is 11.2. The van der Waals surface area contributed by atoms with E-state index in [9.17, 15) is 9.90 Å². The van der Waals surface area contributed by atoms with Crippen molar-refractivity contribution in [3.63, 3.8) is 0 Å². The second-order valence-corrected chi connectivity index (χ2v) is 13.0. The third-order valence-corrected chi connectivity index (χ3v) is 11.2. The van der Waals surface area contributed by atoms with Crippen molar-refractivity contribution in [2.24, 2.45) is 46.3 Å². The summed E-state index contributed by atoms with van der Waals surface area (Å²) >= 11 is 0. The summed E-state index contributed by atoms with van der Waals surface area (Å²) in [6.07, 6.45) is 11.1. The molecule has 0 amide bonds. The Balaban J connectivity index is 0.000000161. The van der Waals surface area contributed by atoms with Crippen LogP contribution in [0.2, 0.25) is 0 Å². The van der Waals surface area contributed by atoms with Crippen LogP contribution in [0, 0.1) is 46.3 Å². The van der Waals surface area contributed by atoms with Crippen molar-refractivity contribution < 1.29 is 53.9 Å². The summed E-state index contributed by atoms with van der Waals surface area (Å²) in [5.74, 6) is 2.78. The van der Waals surface area contributed by atoms with Crippen molar-refractivity contribution in [3.8, 4) is 0 Å². The van der Waals surface area contributed by atoms with Crippen molar-refractivity contribution >= 4 is 23.3 Å². The molecule has 8 saturated carbocycles. The molecule has 0 aromatic heterocycles. The largest absolute Gasteiger partial charge is 1.00 e. The molecule has 2 spiro atoms. The number of carbonyl (C=O) groups excluding carboxylic acids is 1. The van der Waals surface area contributed by atoms with Crippen LogP contribution in [0.5, 0.6) is 0 Å². The summed E-state index contributed by atoms with van der Waals surface area (Å²) in [5.41, 5.74) is -0.0110. The van der Waals surface area contributed by atoms with E-state index < -0.39 is 0 Å². The SMILES string of the molecule is COC(=O)C12CC3CC(C1)C1(OCCO1)C(C3)C2.OCC12CC3CC(C1)C1(OCCO1)C(C3)C2.[AlH3].[H-].[Li+]. The van der Waals surface area contributed by atoms with Crippen molar-refractivity contribution in [2.75, 3.05) is 40.1 Å². The van der Waals surface area contributed by atoms with Gasteiger partial charge in [-0.2, -0.15) is 0 Å². The fourth-order valence-corrected chi connectivity index (χ4v) is 10.5. The van der Waals surface area contributed by atoms with Gasteiger partial charge in [0.1, 0.15) is 0 Å².